The van der Waals surface area contributed by atoms with Crippen LogP contribution in [0.1, 0.15) is 13.8 Å². The van der Waals surface area contributed by atoms with Gasteiger partial charge in [-0.1, -0.05) is 0 Å². The molecule has 1 unspecified atom stereocenters. The molecule has 0 spiro atoms. The first-order valence-corrected chi connectivity index (χ1v) is 4.20. The summed E-state index contributed by atoms with van der Waals surface area (Å²) >= 11 is 0. The fourth-order valence-corrected chi connectivity index (χ4v) is 1.37. The first-order chi connectivity index (χ1) is 6.33. The van der Waals surface area contributed by atoms with Crippen molar-refractivity contribution in [1.82, 2.24) is 4.90 Å². The molecule has 1 saturated heterocycles. The number of hydrogen-bond acceptors (Lipinski definition) is 3. The highest BCUT2D eigenvalue weighted by atomic mass is 16.5. The molecule has 1 fully saturated rings. The van der Waals surface area contributed by atoms with Crippen molar-refractivity contribution in [2.45, 2.75) is 25.5 Å². The number of hydrogen-bond donors (Lipinski definition) is 2. The molecular formula is C8H13NO5. The number of carboxylic acid groups (broad SMARTS) is 2. The van der Waals surface area contributed by atoms with Crippen molar-refractivity contribution >= 4 is 12.1 Å². The Labute approximate surface area is 81.1 Å². The molecule has 0 saturated carbocycles. The summed E-state index contributed by atoms with van der Waals surface area (Å²) < 4.78 is 5.23. The fourth-order valence-electron chi connectivity index (χ4n) is 1.37. The molecule has 14 heavy (non-hydrogen) atoms. The summed E-state index contributed by atoms with van der Waals surface area (Å²) in [6.07, 6.45) is -1.23. The molecule has 6 nitrogen and oxygen atoms in total. The number of morpholine rings is 1. The quantitative estimate of drug-likeness (QED) is 0.637. The molecule has 0 aromatic carbocycles. The molecule has 1 aliphatic rings. The molecule has 2 N–H and O–H groups in total. The van der Waals surface area contributed by atoms with Crippen molar-refractivity contribution < 1.29 is 24.5 Å². The zero-order chi connectivity index (χ0) is 10.9. The van der Waals surface area contributed by atoms with Crippen LogP contribution in [0.15, 0.2) is 0 Å². The lowest BCUT2D eigenvalue weighted by Gasteiger charge is -2.40. The molecule has 0 aliphatic carbocycles. The van der Waals surface area contributed by atoms with Crippen molar-refractivity contribution in [2.75, 3.05) is 13.2 Å². The fraction of sp³-hybridized carbons (Fsp3) is 0.750. The van der Waals surface area contributed by atoms with Crippen molar-refractivity contribution in [3.05, 3.63) is 0 Å². The minimum atomic E-state index is -1.23. The first-order valence-electron chi connectivity index (χ1n) is 4.20. The highest BCUT2D eigenvalue weighted by Gasteiger charge is 2.40. The van der Waals surface area contributed by atoms with Gasteiger partial charge in [0.2, 0.25) is 0 Å². The van der Waals surface area contributed by atoms with E-state index in [0.717, 1.165) is 4.90 Å². The van der Waals surface area contributed by atoms with Gasteiger partial charge in [-0.25, -0.2) is 9.59 Å². The molecular weight excluding hydrogens is 190 g/mol. The second kappa shape index (κ2) is 3.45. The second-order valence-electron chi connectivity index (χ2n) is 3.84. The highest BCUT2D eigenvalue weighted by molar-refractivity contribution is 5.79. The number of nitrogens with zero attached hydrogens (tertiary/aromatic N) is 1. The van der Waals surface area contributed by atoms with Gasteiger partial charge in [0.25, 0.3) is 0 Å². The van der Waals surface area contributed by atoms with Crippen LogP contribution in [0, 0.1) is 0 Å². The van der Waals surface area contributed by atoms with Gasteiger partial charge in [0.1, 0.15) is 0 Å². The molecule has 0 aromatic rings. The third-order valence-corrected chi connectivity index (χ3v) is 2.09. The van der Waals surface area contributed by atoms with E-state index in [-0.39, 0.29) is 13.2 Å². The first kappa shape index (κ1) is 10.8. The third kappa shape index (κ3) is 2.14. The molecule has 1 rings (SSSR count). The van der Waals surface area contributed by atoms with E-state index in [1.807, 2.05) is 0 Å². The Morgan fingerprint density at radius 2 is 2.00 bits per heavy atom. The van der Waals surface area contributed by atoms with E-state index in [0.29, 0.717) is 0 Å². The molecule has 6 heteroatoms. The standard InChI is InChI=1S/C8H13NO5/c1-8(2)4-9(7(12)13)5(3-14-8)6(10)11/h5H,3-4H2,1-2H3,(H,10,11)(H,12,13). The minimum absolute atomic E-state index is 0.0688. The summed E-state index contributed by atoms with van der Waals surface area (Å²) in [6.45, 7) is 3.41. The third-order valence-electron chi connectivity index (χ3n) is 2.09. The van der Waals surface area contributed by atoms with Crippen molar-refractivity contribution in [2.24, 2.45) is 0 Å². The van der Waals surface area contributed by atoms with Crippen LogP contribution in [0.5, 0.6) is 0 Å². The van der Waals surface area contributed by atoms with Gasteiger partial charge in [-0.15, -0.1) is 0 Å². The number of ether oxygens (including phenoxy) is 1. The Balaban J connectivity index is 2.81. The summed E-state index contributed by atoms with van der Waals surface area (Å²) in [6, 6.07) is -1.10. The number of carboxylic acids is 1. The van der Waals surface area contributed by atoms with Crippen LogP contribution in [0.2, 0.25) is 0 Å². The summed E-state index contributed by atoms with van der Waals surface area (Å²) in [4.78, 5) is 22.4. The Bertz CT molecular complexity index is 262. The lowest BCUT2D eigenvalue weighted by Crippen LogP contribution is -2.58. The predicted octanol–water partition coefficient (Wildman–Crippen LogP) is 0.228. The molecule has 1 aliphatic heterocycles. The molecule has 1 atom stereocenters. The van der Waals surface area contributed by atoms with E-state index in [9.17, 15) is 9.59 Å². The van der Waals surface area contributed by atoms with Crippen LogP contribution >= 0.6 is 0 Å². The second-order valence-corrected chi connectivity index (χ2v) is 3.84. The van der Waals surface area contributed by atoms with Gasteiger partial charge in [0, 0.05) is 0 Å². The molecule has 0 aromatic heterocycles. The zero-order valence-electron chi connectivity index (χ0n) is 8.06. The molecule has 0 radical (unpaired) electrons. The number of amides is 1. The topological polar surface area (TPSA) is 87.1 Å². The van der Waals surface area contributed by atoms with Gasteiger partial charge in [-0.2, -0.15) is 0 Å². The molecule has 80 valence electrons. The van der Waals surface area contributed by atoms with Crippen molar-refractivity contribution in [3.8, 4) is 0 Å². The molecule has 1 heterocycles. The van der Waals surface area contributed by atoms with E-state index >= 15 is 0 Å². The average molecular weight is 203 g/mol. The van der Waals surface area contributed by atoms with Gasteiger partial charge >= 0.3 is 12.1 Å². The minimum Gasteiger partial charge on any atom is -0.480 e. The lowest BCUT2D eigenvalue weighted by molar-refractivity contribution is -0.158. The van der Waals surface area contributed by atoms with Crippen molar-refractivity contribution in [3.63, 3.8) is 0 Å². The van der Waals surface area contributed by atoms with E-state index in [2.05, 4.69) is 0 Å². The number of rotatable bonds is 1. The summed E-state index contributed by atoms with van der Waals surface area (Å²) in [5, 5.41) is 17.5. The van der Waals surface area contributed by atoms with Crippen LogP contribution in [-0.2, 0) is 9.53 Å². The van der Waals surface area contributed by atoms with Gasteiger partial charge in [-0.05, 0) is 13.8 Å². The highest BCUT2D eigenvalue weighted by Crippen LogP contribution is 2.20. The van der Waals surface area contributed by atoms with E-state index < -0.39 is 23.7 Å². The predicted molar refractivity (Wildman–Crippen MR) is 46.2 cm³/mol. The van der Waals surface area contributed by atoms with E-state index in [1.165, 1.54) is 0 Å². The maximum Gasteiger partial charge on any atom is 0.408 e. The zero-order valence-corrected chi connectivity index (χ0v) is 8.06. The van der Waals surface area contributed by atoms with Crippen molar-refractivity contribution in [1.29, 1.82) is 0 Å². The van der Waals surface area contributed by atoms with E-state index in [4.69, 9.17) is 14.9 Å². The Hall–Kier alpha value is -1.30. The normalized spacial score (nSPS) is 25.9. The van der Waals surface area contributed by atoms with Gasteiger partial charge in [0.05, 0.1) is 18.8 Å². The number of aliphatic carboxylic acids is 1. The van der Waals surface area contributed by atoms with Gasteiger partial charge in [0.15, 0.2) is 6.04 Å². The summed E-state index contributed by atoms with van der Waals surface area (Å²) in [7, 11) is 0. The maximum atomic E-state index is 10.8. The van der Waals surface area contributed by atoms with Crippen LogP contribution in [0.4, 0.5) is 4.79 Å². The number of carbonyl (C=O) groups is 2. The van der Waals surface area contributed by atoms with Crippen LogP contribution in [-0.4, -0.2) is 52.0 Å². The van der Waals surface area contributed by atoms with Crippen LogP contribution in [0.25, 0.3) is 0 Å². The smallest absolute Gasteiger partial charge is 0.408 e. The van der Waals surface area contributed by atoms with E-state index in [1.54, 1.807) is 13.8 Å². The largest absolute Gasteiger partial charge is 0.480 e. The molecule has 0 bridgehead atoms. The Morgan fingerprint density at radius 3 is 2.43 bits per heavy atom. The monoisotopic (exact) mass is 203 g/mol. The van der Waals surface area contributed by atoms with Crippen LogP contribution in [0.3, 0.4) is 0 Å². The SMILES string of the molecule is CC1(C)CN(C(=O)O)C(C(=O)O)CO1. The Morgan fingerprint density at radius 1 is 1.43 bits per heavy atom. The lowest BCUT2D eigenvalue weighted by atomic mass is 10.1. The van der Waals surface area contributed by atoms with Gasteiger partial charge in [-0.3, -0.25) is 4.90 Å². The maximum absolute atomic E-state index is 10.8. The summed E-state index contributed by atoms with van der Waals surface area (Å²) in [5.74, 6) is -1.18. The Kier molecular flexibility index (Phi) is 2.66. The average Bonchev–Trinajstić information content (AvgIpc) is 2.01. The van der Waals surface area contributed by atoms with Gasteiger partial charge < -0.3 is 14.9 Å². The molecule has 1 amide bonds. The summed E-state index contributed by atoms with van der Waals surface area (Å²) in [5.41, 5.74) is -0.621. The van der Waals surface area contributed by atoms with Crippen LogP contribution < -0.4 is 0 Å².